The summed E-state index contributed by atoms with van der Waals surface area (Å²) < 4.78 is 7.02. The summed E-state index contributed by atoms with van der Waals surface area (Å²) in [6.45, 7) is 10.2. The smallest absolute Gasteiger partial charge is 0.338 e. The van der Waals surface area contributed by atoms with Crippen molar-refractivity contribution in [3.05, 3.63) is 64.7 Å². The topological polar surface area (TPSA) is 85.6 Å². The van der Waals surface area contributed by atoms with Crippen molar-refractivity contribution in [1.82, 2.24) is 14.6 Å². The lowest BCUT2D eigenvalue weighted by molar-refractivity contribution is -0.115. The number of esters is 1. The number of anilines is 1. The third-order valence-corrected chi connectivity index (χ3v) is 6.45. The molecule has 8 heteroatoms. The van der Waals surface area contributed by atoms with Crippen molar-refractivity contribution in [3.63, 3.8) is 0 Å². The number of pyridine rings is 1. The highest BCUT2D eigenvalue weighted by Crippen LogP contribution is 2.30. The summed E-state index contributed by atoms with van der Waals surface area (Å²) in [5.74, 6) is -0.546. The predicted octanol–water partition coefficient (Wildman–Crippen LogP) is 5.10. The zero-order chi connectivity index (χ0) is 23.7. The first-order valence-electron chi connectivity index (χ1n) is 10.8. The molecule has 0 saturated heterocycles. The van der Waals surface area contributed by atoms with Crippen molar-refractivity contribution in [1.29, 1.82) is 0 Å². The van der Waals surface area contributed by atoms with Gasteiger partial charge in [0.2, 0.25) is 5.91 Å². The van der Waals surface area contributed by atoms with Crippen molar-refractivity contribution in [2.75, 3.05) is 11.9 Å². The van der Waals surface area contributed by atoms with Crippen LogP contribution in [-0.4, -0.2) is 38.3 Å². The summed E-state index contributed by atoms with van der Waals surface area (Å²) in [7, 11) is 0. The normalized spacial score (nSPS) is 12.2. The third kappa shape index (κ3) is 4.57. The number of aryl methyl sites for hydroxylation is 3. The molecule has 1 unspecified atom stereocenters. The van der Waals surface area contributed by atoms with Crippen LogP contribution in [0, 0.1) is 20.8 Å². The molecule has 0 radical (unpaired) electrons. The van der Waals surface area contributed by atoms with E-state index in [9.17, 15) is 9.59 Å². The minimum absolute atomic E-state index is 0.162. The molecule has 0 bridgehead atoms. The molecule has 1 N–H and O–H groups in total. The first-order valence-corrected chi connectivity index (χ1v) is 11.7. The number of rotatable bonds is 6. The fourth-order valence-electron chi connectivity index (χ4n) is 3.85. The highest BCUT2D eigenvalue weighted by Gasteiger charge is 2.20. The number of thioether (sulfide) groups is 1. The molecule has 1 amide bonds. The van der Waals surface area contributed by atoms with E-state index < -0.39 is 5.25 Å². The molecule has 7 nitrogen and oxygen atoms in total. The van der Waals surface area contributed by atoms with Crippen LogP contribution in [-0.2, 0) is 9.53 Å². The lowest BCUT2D eigenvalue weighted by atomic mass is 10.0. The number of carbonyl (C=O) groups excluding carboxylic acids is 2. The number of nitrogens with one attached hydrogen (secondary N) is 1. The van der Waals surface area contributed by atoms with E-state index in [1.807, 2.05) is 17.4 Å². The molecule has 2 heterocycles. The molecule has 0 aliphatic carbocycles. The van der Waals surface area contributed by atoms with Crippen molar-refractivity contribution >= 4 is 45.9 Å². The maximum absolute atomic E-state index is 12.8. The van der Waals surface area contributed by atoms with Gasteiger partial charge < -0.3 is 10.1 Å². The van der Waals surface area contributed by atoms with Gasteiger partial charge in [0.1, 0.15) is 0 Å². The molecule has 33 heavy (non-hydrogen) atoms. The van der Waals surface area contributed by atoms with Gasteiger partial charge in [0.05, 0.1) is 22.9 Å². The molecule has 4 aromatic rings. The molecule has 0 aliphatic heterocycles. The molecule has 0 aliphatic rings. The largest absolute Gasteiger partial charge is 0.462 e. The zero-order valence-electron chi connectivity index (χ0n) is 19.3. The van der Waals surface area contributed by atoms with Crippen LogP contribution in [0.15, 0.2) is 47.6 Å². The van der Waals surface area contributed by atoms with E-state index in [4.69, 9.17) is 4.74 Å². The number of benzene rings is 2. The Labute approximate surface area is 196 Å². The maximum Gasteiger partial charge on any atom is 0.338 e. The predicted molar refractivity (Wildman–Crippen MR) is 131 cm³/mol. The molecular formula is C25H26N4O3S. The standard InChI is InChI=1S/C25H26N4O3S/c1-6-32-24(31)18-7-9-19(10-8-18)26-23(30)17(5)33-25-28-27-21-13-15(3)20-12-14(2)11-16(4)22(20)29(21)25/h7-13,17H,6H2,1-5H3,(H,26,30). The lowest BCUT2D eigenvalue weighted by Gasteiger charge is -2.14. The van der Waals surface area contributed by atoms with Gasteiger partial charge in [-0.05, 0) is 82.1 Å². The Kier molecular flexibility index (Phi) is 6.37. The highest BCUT2D eigenvalue weighted by molar-refractivity contribution is 8.00. The molecule has 2 aromatic heterocycles. The summed E-state index contributed by atoms with van der Waals surface area (Å²) in [6.07, 6.45) is 0. The molecule has 4 rings (SSSR count). The van der Waals surface area contributed by atoms with Crippen molar-refractivity contribution in [2.24, 2.45) is 0 Å². The minimum atomic E-state index is -0.413. The monoisotopic (exact) mass is 462 g/mol. The molecule has 170 valence electrons. The van der Waals surface area contributed by atoms with Crippen molar-refractivity contribution < 1.29 is 14.3 Å². The minimum Gasteiger partial charge on any atom is -0.462 e. The quantitative estimate of drug-likeness (QED) is 0.317. The van der Waals surface area contributed by atoms with E-state index in [2.05, 4.69) is 48.4 Å². The molecule has 0 fully saturated rings. The Morgan fingerprint density at radius 3 is 2.48 bits per heavy atom. The third-order valence-electron chi connectivity index (χ3n) is 5.41. The van der Waals surface area contributed by atoms with Gasteiger partial charge in [0, 0.05) is 11.1 Å². The first-order chi connectivity index (χ1) is 15.8. The first kappa shape index (κ1) is 22.8. The van der Waals surface area contributed by atoms with Gasteiger partial charge in [-0.3, -0.25) is 9.20 Å². The number of aromatic nitrogens is 3. The number of carbonyl (C=O) groups is 2. The van der Waals surface area contributed by atoms with Crippen LogP contribution in [0.2, 0.25) is 0 Å². The van der Waals surface area contributed by atoms with Crippen LogP contribution in [0.25, 0.3) is 16.6 Å². The van der Waals surface area contributed by atoms with Crippen LogP contribution >= 0.6 is 11.8 Å². The van der Waals surface area contributed by atoms with Gasteiger partial charge in [-0.15, -0.1) is 10.2 Å². The summed E-state index contributed by atoms with van der Waals surface area (Å²) in [6, 6.07) is 13.0. The van der Waals surface area contributed by atoms with Gasteiger partial charge >= 0.3 is 5.97 Å². The summed E-state index contributed by atoms with van der Waals surface area (Å²) in [4.78, 5) is 24.6. The average molecular weight is 463 g/mol. The van der Waals surface area contributed by atoms with Crippen LogP contribution < -0.4 is 5.32 Å². The van der Waals surface area contributed by atoms with Crippen LogP contribution in [0.4, 0.5) is 5.69 Å². The molecular weight excluding hydrogens is 436 g/mol. The summed E-state index contributed by atoms with van der Waals surface area (Å²) in [5, 5.41) is 13.0. The molecule has 2 aromatic carbocycles. The Hall–Kier alpha value is -3.39. The lowest BCUT2D eigenvalue weighted by Crippen LogP contribution is -2.22. The van der Waals surface area contributed by atoms with Crippen LogP contribution in [0.3, 0.4) is 0 Å². The Morgan fingerprint density at radius 1 is 1.06 bits per heavy atom. The Morgan fingerprint density at radius 2 is 1.79 bits per heavy atom. The van der Waals surface area contributed by atoms with E-state index in [0.29, 0.717) is 23.0 Å². The van der Waals surface area contributed by atoms with Gasteiger partial charge in [0.25, 0.3) is 0 Å². The van der Waals surface area contributed by atoms with E-state index >= 15 is 0 Å². The Balaban J connectivity index is 1.56. The summed E-state index contributed by atoms with van der Waals surface area (Å²) in [5.41, 5.74) is 6.36. The van der Waals surface area contributed by atoms with Crippen LogP contribution in [0.5, 0.6) is 0 Å². The SMILES string of the molecule is CCOC(=O)c1ccc(NC(=O)C(C)Sc2nnc3cc(C)c4cc(C)cc(C)c4n23)cc1. The molecule has 0 spiro atoms. The zero-order valence-corrected chi connectivity index (χ0v) is 20.1. The van der Waals surface area contributed by atoms with Gasteiger partial charge in [-0.25, -0.2) is 4.79 Å². The average Bonchev–Trinajstić information content (AvgIpc) is 3.16. The van der Waals surface area contributed by atoms with Crippen LogP contribution in [0.1, 0.15) is 40.9 Å². The summed E-state index contributed by atoms with van der Waals surface area (Å²) >= 11 is 1.36. The van der Waals surface area contributed by atoms with E-state index in [-0.39, 0.29) is 11.9 Å². The second-order valence-electron chi connectivity index (χ2n) is 8.03. The van der Waals surface area contributed by atoms with E-state index in [1.54, 1.807) is 31.2 Å². The second kappa shape index (κ2) is 9.23. The van der Waals surface area contributed by atoms with Crippen molar-refractivity contribution in [3.8, 4) is 0 Å². The van der Waals surface area contributed by atoms with Gasteiger partial charge in [0.15, 0.2) is 10.8 Å². The fourth-order valence-corrected chi connectivity index (χ4v) is 4.71. The van der Waals surface area contributed by atoms with Gasteiger partial charge in [-0.1, -0.05) is 23.4 Å². The molecule has 0 saturated carbocycles. The molecule has 1 atom stereocenters. The second-order valence-corrected chi connectivity index (χ2v) is 9.34. The van der Waals surface area contributed by atoms with E-state index in [0.717, 1.165) is 27.7 Å². The number of nitrogens with zero attached hydrogens (tertiary/aromatic N) is 3. The van der Waals surface area contributed by atoms with E-state index in [1.165, 1.54) is 17.3 Å². The maximum atomic E-state index is 12.8. The number of ether oxygens (including phenoxy) is 1. The Bertz CT molecular complexity index is 1360. The fraction of sp³-hybridized carbons (Fsp3) is 0.280. The van der Waals surface area contributed by atoms with Gasteiger partial charge in [-0.2, -0.15) is 0 Å². The number of amides is 1. The number of hydrogen-bond donors (Lipinski definition) is 1. The number of hydrogen-bond acceptors (Lipinski definition) is 6. The number of fused-ring (bicyclic) bond motifs is 3. The van der Waals surface area contributed by atoms with Crippen molar-refractivity contribution in [2.45, 2.75) is 45.0 Å². The highest BCUT2D eigenvalue weighted by atomic mass is 32.2.